The van der Waals surface area contributed by atoms with E-state index in [-0.39, 0.29) is 6.03 Å². The second-order valence-electron chi connectivity index (χ2n) is 6.40. The van der Waals surface area contributed by atoms with Gasteiger partial charge in [0.1, 0.15) is 0 Å². The molecule has 1 fully saturated rings. The summed E-state index contributed by atoms with van der Waals surface area (Å²) < 4.78 is 0. The van der Waals surface area contributed by atoms with Gasteiger partial charge in [-0.25, -0.2) is 4.79 Å². The van der Waals surface area contributed by atoms with Crippen molar-refractivity contribution in [3.05, 3.63) is 71.3 Å². The van der Waals surface area contributed by atoms with Crippen molar-refractivity contribution in [3.63, 3.8) is 0 Å². The smallest absolute Gasteiger partial charge is 0.317 e. The highest BCUT2D eigenvalue weighted by Crippen LogP contribution is 2.10. The summed E-state index contributed by atoms with van der Waals surface area (Å²) >= 11 is 0. The molecular weight excluding hydrogens is 298 g/mol. The van der Waals surface area contributed by atoms with Gasteiger partial charge in [0.05, 0.1) is 0 Å². The molecule has 1 saturated heterocycles. The summed E-state index contributed by atoms with van der Waals surface area (Å²) in [5.74, 6) is 0. The van der Waals surface area contributed by atoms with Crippen LogP contribution in [0.4, 0.5) is 4.79 Å². The third-order valence-corrected chi connectivity index (χ3v) is 4.43. The average Bonchev–Trinajstić information content (AvgIpc) is 2.61. The number of carbonyl (C=O) groups excluding carboxylic acids is 1. The first-order valence-electron chi connectivity index (χ1n) is 8.55. The first-order chi connectivity index (χ1) is 11.7. The van der Waals surface area contributed by atoms with Crippen molar-refractivity contribution in [2.45, 2.75) is 20.0 Å². The molecule has 2 aromatic rings. The summed E-state index contributed by atoms with van der Waals surface area (Å²) in [5, 5.41) is 3.01. The second kappa shape index (κ2) is 7.97. The zero-order chi connectivity index (χ0) is 16.8. The first kappa shape index (κ1) is 16.5. The molecule has 2 amide bonds. The third kappa shape index (κ3) is 4.59. The summed E-state index contributed by atoms with van der Waals surface area (Å²) in [6, 6.07) is 18.7. The predicted molar refractivity (Wildman–Crippen MR) is 96.7 cm³/mol. The fourth-order valence-corrected chi connectivity index (χ4v) is 3.06. The third-order valence-electron chi connectivity index (χ3n) is 4.43. The van der Waals surface area contributed by atoms with Crippen LogP contribution < -0.4 is 5.32 Å². The molecule has 1 N–H and O–H groups in total. The van der Waals surface area contributed by atoms with Crippen LogP contribution in [-0.2, 0) is 13.1 Å². The molecule has 126 valence electrons. The Hall–Kier alpha value is -2.33. The molecule has 0 aromatic heterocycles. The SMILES string of the molecule is Cc1cccc(CN2CCN(C(=O)NCc3ccccc3)CC2)c1. The number of carbonyl (C=O) groups is 1. The fourth-order valence-electron chi connectivity index (χ4n) is 3.06. The molecule has 1 aliphatic rings. The van der Waals surface area contributed by atoms with Crippen LogP contribution in [0.2, 0.25) is 0 Å². The summed E-state index contributed by atoms with van der Waals surface area (Å²) in [6.45, 7) is 7.08. The lowest BCUT2D eigenvalue weighted by atomic mass is 10.1. The molecule has 2 aromatic carbocycles. The number of nitrogens with one attached hydrogen (secondary N) is 1. The van der Waals surface area contributed by atoms with Gasteiger partial charge >= 0.3 is 6.03 Å². The summed E-state index contributed by atoms with van der Waals surface area (Å²) in [5.41, 5.74) is 3.77. The highest BCUT2D eigenvalue weighted by Gasteiger charge is 2.20. The second-order valence-corrected chi connectivity index (χ2v) is 6.40. The molecule has 4 nitrogen and oxygen atoms in total. The summed E-state index contributed by atoms with van der Waals surface area (Å²) in [4.78, 5) is 16.6. The molecule has 3 rings (SSSR count). The van der Waals surface area contributed by atoms with E-state index >= 15 is 0 Å². The molecule has 0 atom stereocenters. The van der Waals surface area contributed by atoms with E-state index in [0.29, 0.717) is 6.54 Å². The highest BCUT2D eigenvalue weighted by molar-refractivity contribution is 5.74. The number of piperazine rings is 1. The molecule has 0 unspecified atom stereocenters. The lowest BCUT2D eigenvalue weighted by molar-refractivity contribution is 0.135. The van der Waals surface area contributed by atoms with Gasteiger partial charge in [-0.3, -0.25) is 4.90 Å². The van der Waals surface area contributed by atoms with Gasteiger partial charge in [0, 0.05) is 39.3 Å². The zero-order valence-corrected chi connectivity index (χ0v) is 14.2. The van der Waals surface area contributed by atoms with Gasteiger partial charge in [0.15, 0.2) is 0 Å². The Bertz CT molecular complexity index is 664. The van der Waals surface area contributed by atoms with Gasteiger partial charge in [0.2, 0.25) is 0 Å². The highest BCUT2D eigenvalue weighted by atomic mass is 16.2. The van der Waals surface area contributed by atoms with Crippen LogP contribution in [0.5, 0.6) is 0 Å². The van der Waals surface area contributed by atoms with Gasteiger partial charge in [-0.05, 0) is 18.1 Å². The van der Waals surface area contributed by atoms with E-state index in [9.17, 15) is 4.79 Å². The monoisotopic (exact) mass is 323 g/mol. The Morgan fingerprint density at radius 1 is 0.958 bits per heavy atom. The predicted octanol–water partition coefficient (Wildman–Crippen LogP) is 3.02. The van der Waals surface area contributed by atoms with Crippen LogP contribution in [-0.4, -0.2) is 42.0 Å². The summed E-state index contributed by atoms with van der Waals surface area (Å²) in [7, 11) is 0. The van der Waals surface area contributed by atoms with E-state index in [4.69, 9.17) is 0 Å². The van der Waals surface area contributed by atoms with Gasteiger partial charge in [-0.15, -0.1) is 0 Å². The van der Waals surface area contributed by atoms with E-state index in [1.54, 1.807) is 0 Å². The number of hydrogen-bond acceptors (Lipinski definition) is 2. The summed E-state index contributed by atoms with van der Waals surface area (Å²) in [6.07, 6.45) is 0. The van der Waals surface area contributed by atoms with Crippen molar-refractivity contribution < 1.29 is 4.79 Å². The zero-order valence-electron chi connectivity index (χ0n) is 14.2. The molecule has 4 heteroatoms. The van der Waals surface area contributed by atoms with Crippen LogP contribution >= 0.6 is 0 Å². The number of amides is 2. The van der Waals surface area contributed by atoms with Crippen molar-refractivity contribution in [2.75, 3.05) is 26.2 Å². The van der Waals surface area contributed by atoms with Crippen LogP contribution in [0.25, 0.3) is 0 Å². The number of rotatable bonds is 4. The lowest BCUT2D eigenvalue weighted by Gasteiger charge is -2.34. The minimum atomic E-state index is 0.0362. The van der Waals surface area contributed by atoms with Crippen molar-refractivity contribution in [1.29, 1.82) is 0 Å². The fraction of sp³-hybridized carbons (Fsp3) is 0.350. The minimum absolute atomic E-state index is 0.0362. The maximum atomic E-state index is 12.3. The van der Waals surface area contributed by atoms with E-state index in [0.717, 1.165) is 38.3 Å². The molecule has 0 spiro atoms. The van der Waals surface area contributed by atoms with E-state index in [2.05, 4.69) is 41.4 Å². The number of aryl methyl sites for hydroxylation is 1. The van der Waals surface area contributed by atoms with Crippen molar-refractivity contribution in [3.8, 4) is 0 Å². The van der Waals surface area contributed by atoms with Crippen LogP contribution in [0.1, 0.15) is 16.7 Å². The van der Waals surface area contributed by atoms with Crippen LogP contribution in [0.3, 0.4) is 0 Å². The largest absolute Gasteiger partial charge is 0.334 e. The Labute approximate surface area is 144 Å². The number of hydrogen-bond donors (Lipinski definition) is 1. The Kier molecular flexibility index (Phi) is 5.49. The Morgan fingerprint density at radius 3 is 2.38 bits per heavy atom. The number of urea groups is 1. The maximum Gasteiger partial charge on any atom is 0.317 e. The molecule has 24 heavy (non-hydrogen) atoms. The quantitative estimate of drug-likeness (QED) is 0.939. The molecular formula is C20H25N3O. The topological polar surface area (TPSA) is 35.6 Å². The van der Waals surface area contributed by atoms with E-state index < -0.39 is 0 Å². The lowest BCUT2D eigenvalue weighted by Crippen LogP contribution is -2.51. The Morgan fingerprint density at radius 2 is 1.67 bits per heavy atom. The van der Waals surface area contributed by atoms with Gasteiger partial charge in [-0.1, -0.05) is 60.2 Å². The number of nitrogens with zero attached hydrogens (tertiary/aromatic N) is 2. The molecule has 1 aliphatic heterocycles. The van der Waals surface area contributed by atoms with Gasteiger partial charge < -0.3 is 10.2 Å². The number of benzene rings is 2. The molecule has 0 radical (unpaired) electrons. The van der Waals surface area contributed by atoms with Gasteiger partial charge in [-0.2, -0.15) is 0 Å². The van der Waals surface area contributed by atoms with Crippen molar-refractivity contribution in [2.24, 2.45) is 0 Å². The van der Waals surface area contributed by atoms with E-state index in [1.807, 2.05) is 35.2 Å². The van der Waals surface area contributed by atoms with Crippen LogP contribution in [0.15, 0.2) is 54.6 Å². The van der Waals surface area contributed by atoms with E-state index in [1.165, 1.54) is 11.1 Å². The van der Waals surface area contributed by atoms with Crippen molar-refractivity contribution >= 4 is 6.03 Å². The van der Waals surface area contributed by atoms with Crippen molar-refractivity contribution in [1.82, 2.24) is 15.1 Å². The normalized spacial score (nSPS) is 15.3. The molecule has 1 heterocycles. The van der Waals surface area contributed by atoms with Crippen LogP contribution in [0, 0.1) is 6.92 Å². The maximum absolute atomic E-state index is 12.3. The molecule has 0 saturated carbocycles. The molecule has 0 bridgehead atoms. The van der Waals surface area contributed by atoms with Gasteiger partial charge in [0.25, 0.3) is 0 Å². The minimum Gasteiger partial charge on any atom is -0.334 e. The Balaban J connectivity index is 1.43. The first-order valence-corrected chi connectivity index (χ1v) is 8.55. The average molecular weight is 323 g/mol. The standard InChI is InChI=1S/C20H25N3O/c1-17-6-5-9-19(14-17)16-22-10-12-23(13-11-22)20(24)21-15-18-7-3-2-4-8-18/h2-9,14H,10-13,15-16H2,1H3,(H,21,24). The molecule has 0 aliphatic carbocycles.